The highest BCUT2D eigenvalue weighted by Crippen LogP contribution is 2.17. The Hall–Kier alpha value is -0.100. The molecule has 5 heteroatoms. The number of aromatic nitrogens is 1. The van der Waals surface area contributed by atoms with Gasteiger partial charge in [-0.05, 0) is 28.1 Å². The van der Waals surface area contributed by atoms with Crippen molar-refractivity contribution in [2.45, 2.75) is 5.03 Å². The zero-order chi connectivity index (χ0) is 11.2. The predicted octanol–water partition coefficient (Wildman–Crippen LogP) is 1.84. The van der Waals surface area contributed by atoms with Crippen LogP contribution >= 0.6 is 27.7 Å². The second kappa shape index (κ2) is 6.59. The van der Waals surface area contributed by atoms with E-state index in [9.17, 15) is 0 Å². The van der Waals surface area contributed by atoms with E-state index < -0.39 is 0 Å². The van der Waals surface area contributed by atoms with Crippen molar-refractivity contribution in [2.24, 2.45) is 0 Å². The predicted molar refractivity (Wildman–Crippen MR) is 72.0 cm³/mol. The molecule has 1 fully saturated rings. The first kappa shape index (κ1) is 12.4. The van der Waals surface area contributed by atoms with Crippen LogP contribution in [0.1, 0.15) is 0 Å². The van der Waals surface area contributed by atoms with Crippen molar-refractivity contribution in [3.8, 4) is 0 Å². The molecule has 1 aliphatic heterocycles. The van der Waals surface area contributed by atoms with Gasteiger partial charge in [0.15, 0.2) is 0 Å². The molecule has 1 aromatic heterocycles. The Kier molecular flexibility index (Phi) is 5.09. The maximum absolute atomic E-state index is 4.35. The summed E-state index contributed by atoms with van der Waals surface area (Å²) in [7, 11) is 0. The minimum absolute atomic E-state index is 1.04. The molecule has 0 amide bonds. The molecule has 0 aliphatic carbocycles. The van der Waals surface area contributed by atoms with Gasteiger partial charge in [0.05, 0.1) is 5.03 Å². The molecule has 1 saturated heterocycles. The van der Waals surface area contributed by atoms with Crippen molar-refractivity contribution < 1.29 is 0 Å². The fourth-order valence-electron chi connectivity index (χ4n) is 1.66. The van der Waals surface area contributed by atoms with Gasteiger partial charge in [0.2, 0.25) is 0 Å². The Balaban J connectivity index is 1.69. The van der Waals surface area contributed by atoms with Crippen LogP contribution in [0.25, 0.3) is 0 Å². The first-order chi connectivity index (χ1) is 7.84. The van der Waals surface area contributed by atoms with Gasteiger partial charge in [0.25, 0.3) is 0 Å². The summed E-state index contributed by atoms with van der Waals surface area (Å²) in [6.07, 6.45) is 1.85. The zero-order valence-corrected chi connectivity index (χ0v) is 11.6. The third kappa shape index (κ3) is 4.05. The van der Waals surface area contributed by atoms with Crippen molar-refractivity contribution in [1.29, 1.82) is 0 Å². The highest BCUT2D eigenvalue weighted by atomic mass is 79.9. The monoisotopic (exact) mass is 301 g/mol. The highest BCUT2D eigenvalue weighted by molar-refractivity contribution is 9.10. The first-order valence-electron chi connectivity index (χ1n) is 5.52. The fraction of sp³-hybridized carbons (Fsp3) is 0.545. The molecule has 2 rings (SSSR count). The molecule has 0 bridgehead atoms. The minimum atomic E-state index is 1.04. The number of piperazine rings is 1. The SMILES string of the molecule is Brc1ccc(SCCN2CCNCC2)nc1. The van der Waals surface area contributed by atoms with Gasteiger partial charge in [-0.3, -0.25) is 4.90 Å². The lowest BCUT2D eigenvalue weighted by Gasteiger charge is -2.26. The summed E-state index contributed by atoms with van der Waals surface area (Å²) in [5, 5.41) is 4.47. The normalized spacial score (nSPS) is 17.6. The molecule has 1 N–H and O–H groups in total. The summed E-state index contributed by atoms with van der Waals surface area (Å²) < 4.78 is 1.04. The molecule has 88 valence electrons. The minimum Gasteiger partial charge on any atom is -0.314 e. The number of rotatable bonds is 4. The van der Waals surface area contributed by atoms with Crippen LogP contribution in [-0.4, -0.2) is 48.4 Å². The van der Waals surface area contributed by atoms with E-state index in [0.29, 0.717) is 0 Å². The van der Waals surface area contributed by atoms with Crippen LogP contribution in [0.15, 0.2) is 27.8 Å². The van der Waals surface area contributed by atoms with E-state index in [-0.39, 0.29) is 0 Å². The van der Waals surface area contributed by atoms with Gasteiger partial charge in [-0.1, -0.05) is 0 Å². The highest BCUT2D eigenvalue weighted by Gasteiger charge is 2.08. The van der Waals surface area contributed by atoms with Crippen LogP contribution in [0.5, 0.6) is 0 Å². The quantitative estimate of drug-likeness (QED) is 0.859. The van der Waals surface area contributed by atoms with E-state index >= 15 is 0 Å². The third-order valence-corrected chi connectivity index (χ3v) is 3.96. The summed E-state index contributed by atoms with van der Waals surface area (Å²) in [6.45, 7) is 5.76. The van der Waals surface area contributed by atoms with Crippen molar-refractivity contribution >= 4 is 27.7 Å². The van der Waals surface area contributed by atoms with Crippen LogP contribution in [0.2, 0.25) is 0 Å². The smallest absolute Gasteiger partial charge is 0.0961 e. The number of hydrogen-bond acceptors (Lipinski definition) is 4. The van der Waals surface area contributed by atoms with E-state index in [2.05, 4.69) is 37.2 Å². The molecule has 16 heavy (non-hydrogen) atoms. The lowest BCUT2D eigenvalue weighted by atomic mass is 10.4. The number of hydrogen-bond donors (Lipinski definition) is 1. The molecular formula is C11H16BrN3S. The Morgan fingerprint density at radius 3 is 2.88 bits per heavy atom. The zero-order valence-electron chi connectivity index (χ0n) is 9.16. The van der Waals surface area contributed by atoms with Gasteiger partial charge in [-0.2, -0.15) is 0 Å². The van der Waals surface area contributed by atoms with Crippen molar-refractivity contribution in [3.05, 3.63) is 22.8 Å². The summed E-state index contributed by atoms with van der Waals surface area (Å²) >= 11 is 5.22. The second-order valence-electron chi connectivity index (χ2n) is 3.75. The number of pyridine rings is 1. The molecular weight excluding hydrogens is 286 g/mol. The molecule has 0 atom stereocenters. The van der Waals surface area contributed by atoms with E-state index in [1.165, 1.54) is 13.1 Å². The van der Waals surface area contributed by atoms with Gasteiger partial charge in [-0.25, -0.2) is 4.98 Å². The Morgan fingerprint density at radius 1 is 1.38 bits per heavy atom. The van der Waals surface area contributed by atoms with E-state index in [1.54, 1.807) is 0 Å². The van der Waals surface area contributed by atoms with Crippen molar-refractivity contribution in [3.63, 3.8) is 0 Å². The summed E-state index contributed by atoms with van der Waals surface area (Å²) in [5.74, 6) is 1.12. The lowest BCUT2D eigenvalue weighted by molar-refractivity contribution is 0.255. The van der Waals surface area contributed by atoms with Crippen LogP contribution in [0.4, 0.5) is 0 Å². The van der Waals surface area contributed by atoms with Crippen molar-refractivity contribution in [1.82, 2.24) is 15.2 Å². The molecule has 0 radical (unpaired) electrons. The Labute approximate surface area is 109 Å². The number of nitrogens with zero attached hydrogens (tertiary/aromatic N) is 2. The number of nitrogens with one attached hydrogen (secondary N) is 1. The average Bonchev–Trinajstić information content (AvgIpc) is 2.33. The fourth-order valence-corrected chi connectivity index (χ4v) is 2.75. The Morgan fingerprint density at radius 2 is 2.19 bits per heavy atom. The standard InChI is InChI=1S/C11H16BrN3S/c12-10-1-2-11(14-9-10)16-8-7-15-5-3-13-4-6-15/h1-2,9,13H,3-8H2. The van der Waals surface area contributed by atoms with E-state index in [4.69, 9.17) is 0 Å². The molecule has 0 spiro atoms. The first-order valence-corrected chi connectivity index (χ1v) is 7.30. The largest absolute Gasteiger partial charge is 0.314 e. The van der Waals surface area contributed by atoms with Gasteiger partial charge in [0.1, 0.15) is 0 Å². The van der Waals surface area contributed by atoms with Crippen LogP contribution in [-0.2, 0) is 0 Å². The summed E-state index contributed by atoms with van der Waals surface area (Å²) in [5.41, 5.74) is 0. The second-order valence-corrected chi connectivity index (χ2v) is 5.79. The molecule has 1 aromatic rings. The summed E-state index contributed by atoms with van der Waals surface area (Å²) in [4.78, 5) is 6.85. The van der Waals surface area contributed by atoms with Crippen molar-refractivity contribution in [2.75, 3.05) is 38.5 Å². The van der Waals surface area contributed by atoms with Crippen LogP contribution < -0.4 is 5.32 Å². The Bertz CT molecular complexity index is 312. The topological polar surface area (TPSA) is 28.2 Å². The average molecular weight is 302 g/mol. The molecule has 0 unspecified atom stereocenters. The maximum Gasteiger partial charge on any atom is 0.0961 e. The third-order valence-electron chi connectivity index (χ3n) is 2.57. The van der Waals surface area contributed by atoms with Crippen LogP contribution in [0.3, 0.4) is 0 Å². The van der Waals surface area contributed by atoms with Gasteiger partial charge in [0, 0.05) is 49.1 Å². The van der Waals surface area contributed by atoms with E-state index in [1.807, 2.05) is 24.0 Å². The molecule has 1 aliphatic rings. The number of halogens is 1. The molecule has 0 saturated carbocycles. The van der Waals surface area contributed by atoms with Gasteiger partial charge >= 0.3 is 0 Å². The maximum atomic E-state index is 4.35. The lowest BCUT2D eigenvalue weighted by Crippen LogP contribution is -2.44. The summed E-state index contributed by atoms with van der Waals surface area (Å²) in [6, 6.07) is 4.10. The van der Waals surface area contributed by atoms with Gasteiger partial charge < -0.3 is 5.32 Å². The van der Waals surface area contributed by atoms with E-state index in [0.717, 1.165) is 34.9 Å². The van der Waals surface area contributed by atoms with Crippen LogP contribution in [0, 0.1) is 0 Å². The number of thioether (sulfide) groups is 1. The molecule has 0 aromatic carbocycles. The molecule has 3 nitrogen and oxygen atoms in total. The van der Waals surface area contributed by atoms with Gasteiger partial charge in [-0.15, -0.1) is 11.8 Å². The molecule has 2 heterocycles.